The fourth-order valence-corrected chi connectivity index (χ4v) is 12.2. The molecule has 4 heterocycles. The van der Waals surface area contributed by atoms with Crippen LogP contribution < -0.4 is 14.2 Å². The first-order valence-corrected chi connectivity index (χ1v) is 34.5. The standard InChI is InChI=1S/C24H28N2O3.C21H24N2O3.C20H22N2O3.C16H13ClN2O2/c1-28-23(27)17-26-22-13-6-5-12-21(22)24(25-26)19-10-7-11-20(16-19)29-15-14-18-8-3-2-4-9-18;1-15(2)11-12-26-17-8-6-7-16(13-17)21-18-9-4-5-10-19(18)23(22-21)14-20(24)25-3;1-14(2)13-25-16-8-6-7-15(11-16)20-17-9-4-5-10-18(17)22(21-20)12-19(23)24-3;1-21-15(20)10-19-14-9-5-3-7-12(14)16(18-19)11-6-2-4-8-13(11)17/h5-7,10-13,16,18H,2-4,8-9,14-15,17H2,1H3;4-10,13,15H,11-12,14H2,1-3H3;4-11,14H,12-13H2,1-3H3;2-9H,10H2,1H3. The number of hydrogen-bond acceptors (Lipinski definition) is 15. The second-order valence-corrected chi connectivity index (χ2v) is 25.7. The average Bonchev–Trinajstić information content (AvgIpc) is 1.66. The lowest BCUT2D eigenvalue weighted by atomic mass is 9.87. The molecule has 0 unspecified atom stereocenters. The zero-order chi connectivity index (χ0) is 71.2. The Morgan fingerprint density at radius 3 is 1.13 bits per heavy atom. The average molecular weight is 1380 g/mol. The van der Waals surface area contributed by atoms with Gasteiger partial charge >= 0.3 is 23.9 Å². The molecule has 0 saturated heterocycles. The van der Waals surface area contributed by atoms with Crippen LogP contribution in [0.1, 0.15) is 72.6 Å². The zero-order valence-electron chi connectivity index (χ0n) is 58.6. The van der Waals surface area contributed by atoms with E-state index in [-0.39, 0.29) is 50.1 Å². The summed E-state index contributed by atoms with van der Waals surface area (Å²) >= 11 is 6.26. The van der Waals surface area contributed by atoms with Gasteiger partial charge in [-0.15, -0.1) is 0 Å². The maximum atomic E-state index is 11.8. The number of carbonyl (C=O) groups is 4. The Morgan fingerprint density at radius 2 is 0.752 bits per heavy atom. The first kappa shape index (κ1) is 72.9. The van der Waals surface area contributed by atoms with Crippen molar-refractivity contribution in [2.45, 2.75) is 98.8 Å². The number of rotatable bonds is 23. The van der Waals surface area contributed by atoms with Crippen molar-refractivity contribution in [2.75, 3.05) is 48.3 Å². The molecule has 8 aromatic carbocycles. The molecule has 0 spiro atoms. The molecule has 0 aliphatic heterocycles. The molecule has 101 heavy (non-hydrogen) atoms. The molecule has 1 saturated carbocycles. The van der Waals surface area contributed by atoms with Gasteiger partial charge in [-0.2, -0.15) is 20.4 Å². The number of aromatic nitrogens is 8. The summed E-state index contributed by atoms with van der Waals surface area (Å²) in [4.78, 5) is 46.7. The summed E-state index contributed by atoms with van der Waals surface area (Å²) in [6.45, 7) is 11.0. The van der Waals surface area contributed by atoms with Gasteiger partial charge in [0.2, 0.25) is 0 Å². The van der Waals surface area contributed by atoms with Crippen molar-refractivity contribution in [2.24, 2.45) is 17.8 Å². The molecule has 0 atom stereocenters. The van der Waals surface area contributed by atoms with Gasteiger partial charge in [-0.1, -0.05) is 199 Å². The number of fused-ring (bicyclic) bond motifs is 4. The van der Waals surface area contributed by atoms with Crippen molar-refractivity contribution in [3.8, 4) is 62.3 Å². The molecule has 1 aliphatic carbocycles. The minimum atomic E-state index is -0.339. The molecule has 12 aromatic rings. The van der Waals surface area contributed by atoms with Gasteiger partial charge in [-0.05, 0) is 97.3 Å². The topological polar surface area (TPSA) is 204 Å². The lowest BCUT2D eigenvalue weighted by Gasteiger charge is -2.21. The van der Waals surface area contributed by atoms with Crippen LogP contribution in [0.4, 0.5) is 0 Å². The second-order valence-electron chi connectivity index (χ2n) is 25.3. The summed E-state index contributed by atoms with van der Waals surface area (Å²) < 4.78 is 43.5. The van der Waals surface area contributed by atoms with Gasteiger partial charge in [0.15, 0.2) is 0 Å². The molecule has 524 valence electrons. The number of nitrogens with zero attached hydrogens (tertiary/aromatic N) is 8. The largest absolute Gasteiger partial charge is 0.494 e. The Kier molecular flexibility index (Phi) is 25.9. The maximum absolute atomic E-state index is 11.8. The molecule has 20 heteroatoms. The Hall–Kier alpha value is -10.8. The number of carbonyl (C=O) groups excluding carboxylic acids is 4. The van der Waals surface area contributed by atoms with Crippen molar-refractivity contribution < 1.29 is 52.3 Å². The third-order valence-corrected chi connectivity index (χ3v) is 17.5. The van der Waals surface area contributed by atoms with Crippen molar-refractivity contribution in [1.82, 2.24) is 39.1 Å². The minimum Gasteiger partial charge on any atom is -0.494 e. The highest BCUT2D eigenvalue weighted by Crippen LogP contribution is 2.36. The van der Waals surface area contributed by atoms with Gasteiger partial charge < -0.3 is 33.2 Å². The molecule has 1 fully saturated rings. The summed E-state index contributed by atoms with van der Waals surface area (Å²) in [6.07, 6.45) is 8.93. The van der Waals surface area contributed by atoms with E-state index in [1.807, 2.05) is 194 Å². The second kappa shape index (κ2) is 35.8. The highest BCUT2D eigenvalue weighted by Gasteiger charge is 2.21. The number of ether oxygens (including phenoxy) is 7. The SMILES string of the molecule is COC(=O)Cn1nc(-c2cccc(OCC(C)C)c2)c2ccccc21.COC(=O)Cn1nc(-c2cccc(OCCC(C)C)c2)c2ccccc21.COC(=O)Cn1nc(-c2cccc(OCCC3CCCCC3)c2)c2ccccc21.COC(=O)Cn1nc(-c2ccccc2Cl)c2ccccc21. The van der Waals surface area contributed by atoms with Crippen LogP contribution in [-0.2, 0) is 64.3 Å². The van der Waals surface area contributed by atoms with Crippen molar-refractivity contribution >= 4 is 79.1 Å². The number of hydrogen-bond donors (Lipinski definition) is 0. The van der Waals surface area contributed by atoms with Gasteiger partial charge in [0.25, 0.3) is 0 Å². The van der Waals surface area contributed by atoms with Crippen molar-refractivity contribution in [1.29, 1.82) is 0 Å². The molecule has 0 bridgehead atoms. The summed E-state index contributed by atoms with van der Waals surface area (Å²) in [5.74, 6) is 3.09. The van der Waals surface area contributed by atoms with Crippen LogP contribution in [0.5, 0.6) is 17.2 Å². The van der Waals surface area contributed by atoms with Crippen LogP contribution in [0, 0.1) is 17.8 Å². The van der Waals surface area contributed by atoms with Crippen LogP contribution in [0.2, 0.25) is 5.02 Å². The van der Waals surface area contributed by atoms with Gasteiger partial charge in [-0.25, -0.2) is 0 Å². The molecular formula is C81H87ClN8O11. The van der Waals surface area contributed by atoms with Crippen LogP contribution in [0.15, 0.2) is 194 Å². The molecule has 0 radical (unpaired) electrons. The first-order chi connectivity index (χ1) is 49.1. The predicted molar refractivity (Wildman–Crippen MR) is 396 cm³/mol. The van der Waals surface area contributed by atoms with Crippen LogP contribution in [0.3, 0.4) is 0 Å². The minimum absolute atomic E-state index is 0.0709. The van der Waals surface area contributed by atoms with Gasteiger partial charge in [0.1, 0.15) is 66.2 Å². The Labute approximate surface area is 593 Å². The normalized spacial score (nSPS) is 12.1. The summed E-state index contributed by atoms with van der Waals surface area (Å²) in [7, 11) is 5.52. The molecule has 0 N–H and O–H groups in total. The first-order valence-electron chi connectivity index (χ1n) is 34.2. The third kappa shape index (κ3) is 19.4. The van der Waals surface area contributed by atoms with E-state index in [1.54, 1.807) is 18.7 Å². The Bertz CT molecular complexity index is 4760. The number of halogens is 1. The molecule has 13 rings (SSSR count). The monoisotopic (exact) mass is 1380 g/mol. The molecular weight excluding hydrogens is 1300 g/mol. The van der Waals surface area contributed by atoms with E-state index in [2.05, 4.69) is 43.0 Å². The Morgan fingerprint density at radius 1 is 0.406 bits per heavy atom. The number of para-hydroxylation sites is 4. The number of benzene rings is 8. The summed E-state index contributed by atoms with van der Waals surface area (Å²) in [5.41, 5.74) is 10.6. The maximum Gasteiger partial charge on any atom is 0.327 e. The highest BCUT2D eigenvalue weighted by molar-refractivity contribution is 6.33. The van der Waals surface area contributed by atoms with E-state index in [4.69, 9.17) is 49.9 Å². The Balaban J connectivity index is 0.000000146. The van der Waals surface area contributed by atoms with Crippen LogP contribution in [-0.4, -0.2) is 111 Å². The molecule has 1 aliphatic rings. The molecule has 0 amide bonds. The lowest BCUT2D eigenvalue weighted by Crippen LogP contribution is -2.12. The number of esters is 4. The molecule has 19 nitrogen and oxygen atoms in total. The number of methoxy groups -OCH3 is 4. The van der Waals surface area contributed by atoms with Crippen molar-refractivity contribution in [3.63, 3.8) is 0 Å². The quantitative estimate of drug-likeness (QED) is 0.0431. The van der Waals surface area contributed by atoms with Crippen molar-refractivity contribution in [3.05, 3.63) is 199 Å². The molecule has 4 aromatic heterocycles. The zero-order valence-corrected chi connectivity index (χ0v) is 59.3. The van der Waals surface area contributed by atoms with Crippen LogP contribution >= 0.6 is 11.6 Å². The van der Waals surface area contributed by atoms with E-state index >= 15 is 0 Å². The van der Waals surface area contributed by atoms with Gasteiger partial charge in [-0.3, -0.25) is 37.9 Å². The third-order valence-electron chi connectivity index (χ3n) is 17.2. The fourth-order valence-electron chi connectivity index (χ4n) is 11.9. The summed E-state index contributed by atoms with van der Waals surface area (Å²) in [6, 6.07) is 62.8. The highest BCUT2D eigenvalue weighted by atomic mass is 35.5. The lowest BCUT2D eigenvalue weighted by molar-refractivity contribution is -0.142. The van der Waals surface area contributed by atoms with Gasteiger partial charge in [0, 0.05) is 43.8 Å². The van der Waals surface area contributed by atoms with Crippen LogP contribution in [0.25, 0.3) is 88.6 Å². The van der Waals surface area contributed by atoms with E-state index in [0.717, 1.165) is 131 Å². The van der Waals surface area contributed by atoms with E-state index in [9.17, 15) is 19.2 Å². The van der Waals surface area contributed by atoms with E-state index in [0.29, 0.717) is 30.1 Å². The fraction of sp³-hybridized carbons (Fsp3) is 0.309. The smallest absolute Gasteiger partial charge is 0.327 e. The van der Waals surface area contributed by atoms with E-state index < -0.39 is 0 Å². The summed E-state index contributed by atoms with van der Waals surface area (Å²) in [5, 5.41) is 23.1. The van der Waals surface area contributed by atoms with Gasteiger partial charge in [0.05, 0.1) is 75.3 Å². The predicted octanol–water partition coefficient (Wildman–Crippen LogP) is 17.0. The van der Waals surface area contributed by atoms with E-state index in [1.165, 1.54) is 60.5 Å².